The van der Waals surface area contributed by atoms with Crippen molar-refractivity contribution in [2.75, 3.05) is 0 Å². The maximum Gasteiger partial charge on any atom is 0.267 e. The molecule has 0 bridgehead atoms. The Balaban J connectivity index is 1.38. The van der Waals surface area contributed by atoms with Gasteiger partial charge >= 0.3 is 0 Å². The third-order valence-corrected chi connectivity index (χ3v) is 8.42. The van der Waals surface area contributed by atoms with E-state index in [4.69, 9.17) is 16.6 Å². The highest BCUT2D eigenvalue weighted by Crippen LogP contribution is 2.37. The van der Waals surface area contributed by atoms with Crippen molar-refractivity contribution in [2.24, 2.45) is 4.99 Å². The Hall–Kier alpha value is -4.06. The Labute approximate surface area is 243 Å². The number of para-hydroxylation sites is 1. The fourth-order valence-corrected chi connectivity index (χ4v) is 6.10. The number of halogens is 1. The van der Waals surface area contributed by atoms with Crippen molar-refractivity contribution in [2.45, 2.75) is 26.6 Å². The van der Waals surface area contributed by atoms with Crippen molar-refractivity contribution >= 4 is 51.4 Å². The van der Waals surface area contributed by atoms with Crippen molar-refractivity contribution in [3.8, 4) is 0 Å². The van der Waals surface area contributed by atoms with Crippen molar-refractivity contribution in [1.29, 1.82) is 0 Å². The molecule has 198 valence electrons. The smallest absolute Gasteiger partial charge is 0.267 e. The molecule has 1 fully saturated rings. The van der Waals surface area contributed by atoms with Crippen molar-refractivity contribution < 1.29 is 4.79 Å². The lowest BCUT2D eigenvalue weighted by molar-refractivity contribution is -0.122. The van der Waals surface area contributed by atoms with Gasteiger partial charge in [-0.3, -0.25) is 14.7 Å². The summed E-state index contributed by atoms with van der Waals surface area (Å²) in [5.74, 6) is -0.0189. The predicted octanol–water partition coefficient (Wildman–Crippen LogP) is 8.32. The van der Waals surface area contributed by atoms with Crippen LogP contribution in [0, 0.1) is 6.92 Å². The molecule has 1 aliphatic rings. The number of hydrogen-bond donors (Lipinski definition) is 0. The molecule has 6 rings (SSSR count). The van der Waals surface area contributed by atoms with Crippen LogP contribution in [0.2, 0.25) is 5.02 Å². The normalized spacial score (nSPS) is 15.6. The summed E-state index contributed by atoms with van der Waals surface area (Å²) in [6.07, 6.45) is 2.05. The highest BCUT2D eigenvalue weighted by molar-refractivity contribution is 8.18. The number of nitrogens with zero attached hydrogens (tertiary/aromatic N) is 3. The second-order valence-electron chi connectivity index (χ2n) is 9.80. The number of aromatic nitrogens is 1. The number of rotatable bonds is 7. The Morgan fingerprint density at radius 1 is 0.775 bits per heavy atom. The van der Waals surface area contributed by atoms with Crippen LogP contribution in [0.4, 0.5) is 0 Å². The second-order valence-corrected chi connectivity index (χ2v) is 11.2. The summed E-state index contributed by atoms with van der Waals surface area (Å²) >= 11 is 7.58. The molecule has 1 aliphatic heterocycles. The fraction of sp³-hybridized carbons (Fsp3) is 0.118. The van der Waals surface area contributed by atoms with Gasteiger partial charge in [0.15, 0.2) is 5.17 Å². The zero-order chi connectivity index (χ0) is 27.5. The van der Waals surface area contributed by atoms with Crippen LogP contribution in [0.3, 0.4) is 0 Å². The molecule has 4 nitrogen and oxygen atoms in total. The average molecular weight is 562 g/mol. The summed E-state index contributed by atoms with van der Waals surface area (Å²) in [4.78, 5) is 21.2. The van der Waals surface area contributed by atoms with Crippen molar-refractivity contribution in [1.82, 2.24) is 9.47 Å². The number of carbonyl (C=O) groups is 1. The van der Waals surface area contributed by atoms with Crippen molar-refractivity contribution in [3.05, 3.63) is 147 Å². The number of amides is 1. The predicted molar refractivity (Wildman–Crippen MR) is 167 cm³/mol. The molecule has 1 saturated heterocycles. The van der Waals surface area contributed by atoms with Gasteiger partial charge in [0, 0.05) is 33.7 Å². The number of fused-ring (bicyclic) bond motifs is 1. The molecular weight excluding hydrogens is 534 g/mol. The highest BCUT2D eigenvalue weighted by atomic mass is 35.5. The molecule has 0 radical (unpaired) electrons. The summed E-state index contributed by atoms with van der Waals surface area (Å²) in [7, 11) is 0. The zero-order valence-electron chi connectivity index (χ0n) is 22.1. The molecule has 6 heteroatoms. The molecule has 1 aromatic heterocycles. The van der Waals surface area contributed by atoms with Crippen LogP contribution in [0.25, 0.3) is 17.0 Å². The first kappa shape index (κ1) is 26.2. The Morgan fingerprint density at radius 3 is 2.12 bits per heavy atom. The number of hydrogen-bond acceptors (Lipinski definition) is 3. The Kier molecular flexibility index (Phi) is 7.58. The minimum atomic E-state index is -0.0189. The standard InChI is InChI=1S/C34H28ClN3OS/c1-24-30(29-14-8-9-15-31(29)37(24)22-27-16-18-28(35)19-17-27)20-32-33(39)38(23-26-12-6-3-7-13-26)34(40-32)36-21-25-10-4-2-5-11-25/h2-20H,21-23H2,1H3/b32-20-,36-34?. The van der Waals surface area contributed by atoms with E-state index in [1.54, 1.807) is 4.90 Å². The van der Waals surface area contributed by atoms with Gasteiger partial charge in [-0.15, -0.1) is 0 Å². The Bertz CT molecular complexity index is 1720. The molecule has 40 heavy (non-hydrogen) atoms. The largest absolute Gasteiger partial charge is 0.340 e. The van der Waals surface area contributed by atoms with E-state index in [9.17, 15) is 4.79 Å². The van der Waals surface area contributed by atoms with Crippen molar-refractivity contribution in [3.63, 3.8) is 0 Å². The minimum Gasteiger partial charge on any atom is -0.340 e. The van der Waals surface area contributed by atoms with E-state index in [0.717, 1.165) is 50.0 Å². The number of benzene rings is 4. The molecule has 0 spiro atoms. The van der Waals surface area contributed by atoms with E-state index in [0.29, 0.717) is 18.0 Å². The summed E-state index contributed by atoms with van der Waals surface area (Å²) in [6, 6.07) is 36.6. The number of carbonyl (C=O) groups excluding carboxylic acids is 1. The van der Waals surface area contributed by atoms with Gasteiger partial charge in [-0.25, -0.2) is 0 Å². The molecular formula is C34H28ClN3OS. The lowest BCUT2D eigenvalue weighted by Gasteiger charge is -2.15. The van der Waals surface area contributed by atoms with E-state index in [1.165, 1.54) is 17.3 Å². The lowest BCUT2D eigenvalue weighted by Crippen LogP contribution is -2.28. The van der Waals surface area contributed by atoms with Crippen LogP contribution in [0.5, 0.6) is 0 Å². The number of amidine groups is 1. The summed E-state index contributed by atoms with van der Waals surface area (Å²) in [5, 5.41) is 2.58. The van der Waals surface area contributed by atoms with Gasteiger partial charge in [-0.2, -0.15) is 0 Å². The topological polar surface area (TPSA) is 37.6 Å². The molecule has 4 aromatic carbocycles. The first-order valence-electron chi connectivity index (χ1n) is 13.2. The van der Waals surface area contributed by atoms with E-state index >= 15 is 0 Å². The van der Waals surface area contributed by atoms with Gasteiger partial charge in [0.1, 0.15) is 0 Å². The van der Waals surface area contributed by atoms with Gasteiger partial charge in [0.05, 0.1) is 18.0 Å². The highest BCUT2D eigenvalue weighted by Gasteiger charge is 2.33. The average Bonchev–Trinajstić information content (AvgIpc) is 3.42. The van der Waals surface area contributed by atoms with Crippen LogP contribution in [0.1, 0.15) is 27.9 Å². The van der Waals surface area contributed by atoms with Crippen LogP contribution in [0.15, 0.2) is 119 Å². The molecule has 0 N–H and O–H groups in total. The van der Waals surface area contributed by atoms with Crippen LogP contribution in [-0.2, 0) is 24.4 Å². The molecule has 1 amide bonds. The first-order chi connectivity index (χ1) is 19.6. The monoisotopic (exact) mass is 561 g/mol. The van der Waals surface area contributed by atoms with E-state index in [-0.39, 0.29) is 5.91 Å². The van der Waals surface area contributed by atoms with Gasteiger partial charge in [-0.1, -0.05) is 103 Å². The maximum absolute atomic E-state index is 13.8. The molecule has 5 aromatic rings. The summed E-state index contributed by atoms with van der Waals surface area (Å²) in [6.45, 7) is 3.85. The second kappa shape index (κ2) is 11.6. The quantitative estimate of drug-likeness (QED) is 0.187. The molecule has 2 heterocycles. The maximum atomic E-state index is 13.8. The van der Waals surface area contributed by atoms with Crippen LogP contribution in [-0.4, -0.2) is 20.5 Å². The van der Waals surface area contributed by atoms with Crippen LogP contribution < -0.4 is 0 Å². The zero-order valence-corrected chi connectivity index (χ0v) is 23.7. The van der Waals surface area contributed by atoms with Gasteiger partial charge in [0.2, 0.25) is 0 Å². The van der Waals surface area contributed by atoms with E-state index in [1.807, 2.05) is 66.7 Å². The van der Waals surface area contributed by atoms with Crippen LogP contribution >= 0.6 is 23.4 Å². The summed E-state index contributed by atoms with van der Waals surface area (Å²) in [5.41, 5.74) is 6.66. The third-order valence-electron chi connectivity index (χ3n) is 7.12. The summed E-state index contributed by atoms with van der Waals surface area (Å²) < 4.78 is 2.31. The van der Waals surface area contributed by atoms with Gasteiger partial charge in [-0.05, 0) is 59.7 Å². The van der Waals surface area contributed by atoms with E-state index < -0.39 is 0 Å². The molecule has 0 aliphatic carbocycles. The first-order valence-corrected chi connectivity index (χ1v) is 14.4. The van der Waals surface area contributed by atoms with Gasteiger partial charge in [0.25, 0.3) is 5.91 Å². The molecule has 0 unspecified atom stereocenters. The third kappa shape index (κ3) is 5.48. The van der Waals surface area contributed by atoms with E-state index in [2.05, 4.69) is 60.0 Å². The fourth-order valence-electron chi connectivity index (χ4n) is 5.02. The lowest BCUT2D eigenvalue weighted by atomic mass is 10.1. The number of aliphatic imine (C=N–C) groups is 1. The molecule has 0 atom stereocenters. The number of thioether (sulfide) groups is 1. The molecule has 0 saturated carbocycles. The van der Waals surface area contributed by atoms with Gasteiger partial charge < -0.3 is 4.57 Å². The SMILES string of the molecule is Cc1c(/C=C2\SC(=NCc3ccccc3)N(Cc3ccccc3)C2=O)c2ccccc2n1Cc1ccc(Cl)cc1. The minimum absolute atomic E-state index is 0.0189. The Morgan fingerprint density at radius 2 is 1.40 bits per heavy atom.